The van der Waals surface area contributed by atoms with E-state index in [2.05, 4.69) is 20.4 Å². The van der Waals surface area contributed by atoms with Crippen LogP contribution in [0.25, 0.3) is 0 Å². The monoisotopic (exact) mass is 462 g/mol. The molecule has 3 aliphatic carbocycles. The van der Waals surface area contributed by atoms with Gasteiger partial charge in [-0.25, -0.2) is 4.79 Å². The van der Waals surface area contributed by atoms with Gasteiger partial charge in [0, 0.05) is 6.08 Å². The van der Waals surface area contributed by atoms with Crippen molar-refractivity contribution in [3.63, 3.8) is 0 Å². The highest BCUT2D eigenvalue weighted by molar-refractivity contribution is 5.81. The molecule has 0 aromatic heterocycles. The first-order valence-corrected chi connectivity index (χ1v) is 13.6. The lowest BCUT2D eigenvalue weighted by Gasteiger charge is -2.38. The fourth-order valence-corrected chi connectivity index (χ4v) is 6.28. The van der Waals surface area contributed by atoms with Crippen molar-refractivity contribution < 1.29 is 23.8 Å². The Bertz CT molecular complexity index is 608. The fraction of sp³-hybridized carbons (Fsp3) is 0.857. The summed E-state index contributed by atoms with van der Waals surface area (Å²) in [5.74, 6) is 2.89. The summed E-state index contributed by atoms with van der Waals surface area (Å²) < 4.78 is 16.6. The molecule has 0 aliphatic heterocycles. The van der Waals surface area contributed by atoms with Crippen molar-refractivity contribution in [1.82, 2.24) is 0 Å². The molecule has 0 radical (unpaired) electrons. The Morgan fingerprint density at radius 1 is 0.879 bits per heavy atom. The Hall–Kier alpha value is -1.36. The highest BCUT2D eigenvalue weighted by Gasteiger charge is 2.34. The molecule has 188 valence electrons. The van der Waals surface area contributed by atoms with Crippen LogP contribution in [0.1, 0.15) is 104 Å². The van der Waals surface area contributed by atoms with Crippen LogP contribution in [0.2, 0.25) is 0 Å². The lowest BCUT2D eigenvalue weighted by Crippen LogP contribution is -2.33. The van der Waals surface area contributed by atoms with Crippen LogP contribution in [0.3, 0.4) is 0 Å². The largest absolute Gasteiger partial charge is 0.462 e. The van der Waals surface area contributed by atoms with Crippen molar-refractivity contribution in [3.05, 3.63) is 12.7 Å². The van der Waals surface area contributed by atoms with Gasteiger partial charge >= 0.3 is 11.9 Å². The van der Waals surface area contributed by atoms with E-state index in [1.165, 1.54) is 51.4 Å². The standard InChI is InChI=1S/C28H46O5/c1-4-20(3)18-21-6-8-24(9-7-21)28(30)33-26-16-12-23(13-17-26)22-10-14-25(15-11-22)31-19-32-27(29)5-2/h5,20-26H,2,4,6-19H2,1,3H3. The Morgan fingerprint density at radius 2 is 1.45 bits per heavy atom. The van der Waals surface area contributed by atoms with Crippen LogP contribution in [0, 0.1) is 29.6 Å². The molecule has 3 rings (SSSR count). The van der Waals surface area contributed by atoms with E-state index in [9.17, 15) is 9.59 Å². The number of hydrogen-bond donors (Lipinski definition) is 0. The molecule has 33 heavy (non-hydrogen) atoms. The molecular formula is C28H46O5. The van der Waals surface area contributed by atoms with Gasteiger partial charge in [-0.3, -0.25) is 4.79 Å². The van der Waals surface area contributed by atoms with E-state index in [1.54, 1.807) is 0 Å². The minimum absolute atomic E-state index is 0.0240. The molecule has 0 aromatic carbocycles. The molecule has 3 aliphatic rings. The molecule has 0 saturated heterocycles. The van der Waals surface area contributed by atoms with E-state index in [0.717, 1.165) is 68.3 Å². The van der Waals surface area contributed by atoms with E-state index < -0.39 is 5.97 Å². The maximum absolute atomic E-state index is 12.7. The summed E-state index contributed by atoms with van der Waals surface area (Å²) in [6.07, 6.45) is 17.3. The van der Waals surface area contributed by atoms with Gasteiger partial charge in [-0.2, -0.15) is 0 Å². The Balaban J connectivity index is 1.29. The van der Waals surface area contributed by atoms with Crippen molar-refractivity contribution in [2.75, 3.05) is 6.79 Å². The van der Waals surface area contributed by atoms with Gasteiger partial charge in [0.2, 0.25) is 0 Å². The Morgan fingerprint density at radius 3 is 2.00 bits per heavy atom. The molecule has 5 heteroatoms. The van der Waals surface area contributed by atoms with Gasteiger partial charge < -0.3 is 14.2 Å². The van der Waals surface area contributed by atoms with Gasteiger partial charge in [-0.15, -0.1) is 0 Å². The third-order valence-corrected chi connectivity index (χ3v) is 8.67. The third-order valence-electron chi connectivity index (χ3n) is 8.67. The van der Waals surface area contributed by atoms with Gasteiger partial charge in [-0.1, -0.05) is 26.8 Å². The third kappa shape index (κ3) is 8.42. The number of ether oxygens (including phenoxy) is 3. The molecule has 0 amide bonds. The van der Waals surface area contributed by atoms with E-state index in [4.69, 9.17) is 14.2 Å². The summed E-state index contributed by atoms with van der Waals surface area (Å²) in [5, 5.41) is 0. The van der Waals surface area contributed by atoms with E-state index in [0.29, 0.717) is 0 Å². The zero-order chi connectivity index (χ0) is 23.6. The number of rotatable bonds is 10. The van der Waals surface area contributed by atoms with E-state index in [-0.39, 0.29) is 30.9 Å². The van der Waals surface area contributed by atoms with Gasteiger partial charge in [0.05, 0.1) is 12.0 Å². The summed E-state index contributed by atoms with van der Waals surface area (Å²) in [6.45, 7) is 8.03. The second-order valence-electron chi connectivity index (χ2n) is 10.9. The Labute approximate surface area is 201 Å². The summed E-state index contributed by atoms with van der Waals surface area (Å²) in [4.78, 5) is 23.8. The molecule has 3 fully saturated rings. The minimum atomic E-state index is -0.435. The van der Waals surface area contributed by atoms with Crippen molar-refractivity contribution in [2.45, 2.75) is 116 Å². The lowest BCUT2D eigenvalue weighted by molar-refractivity contribution is -0.159. The van der Waals surface area contributed by atoms with E-state index >= 15 is 0 Å². The first-order valence-electron chi connectivity index (χ1n) is 13.6. The van der Waals surface area contributed by atoms with Crippen molar-refractivity contribution >= 4 is 11.9 Å². The van der Waals surface area contributed by atoms with Gasteiger partial charge in [0.15, 0.2) is 6.79 Å². The number of carbonyl (C=O) groups excluding carboxylic acids is 2. The molecule has 3 saturated carbocycles. The average molecular weight is 463 g/mol. The smallest absolute Gasteiger partial charge is 0.332 e. The second-order valence-corrected chi connectivity index (χ2v) is 10.9. The highest BCUT2D eigenvalue weighted by atomic mass is 16.7. The van der Waals surface area contributed by atoms with Crippen LogP contribution in [0.5, 0.6) is 0 Å². The van der Waals surface area contributed by atoms with Crippen molar-refractivity contribution in [1.29, 1.82) is 0 Å². The number of hydrogen-bond acceptors (Lipinski definition) is 5. The maximum atomic E-state index is 12.7. The SMILES string of the molecule is C=CC(=O)OCOC1CCC(C2CCC(OC(=O)C3CCC(CC(C)CC)CC3)CC2)CC1. The van der Waals surface area contributed by atoms with Crippen LogP contribution in [-0.2, 0) is 23.8 Å². The topological polar surface area (TPSA) is 61.8 Å². The molecule has 0 bridgehead atoms. The van der Waals surface area contributed by atoms with Gasteiger partial charge in [0.25, 0.3) is 0 Å². The van der Waals surface area contributed by atoms with Crippen LogP contribution in [0.15, 0.2) is 12.7 Å². The summed E-state index contributed by atoms with van der Waals surface area (Å²) in [6, 6.07) is 0. The normalized spacial score (nSPS) is 33.6. The second kappa shape index (κ2) is 13.5. The zero-order valence-electron chi connectivity index (χ0n) is 21.0. The molecule has 5 nitrogen and oxygen atoms in total. The molecule has 0 heterocycles. The van der Waals surface area contributed by atoms with Gasteiger partial charge in [-0.05, 0) is 107 Å². The maximum Gasteiger partial charge on any atom is 0.332 e. The molecule has 1 atom stereocenters. The van der Waals surface area contributed by atoms with Crippen LogP contribution < -0.4 is 0 Å². The highest BCUT2D eigenvalue weighted by Crippen LogP contribution is 2.40. The summed E-state index contributed by atoms with van der Waals surface area (Å²) in [7, 11) is 0. The predicted octanol–water partition coefficient (Wildman–Crippen LogP) is 6.59. The summed E-state index contributed by atoms with van der Waals surface area (Å²) in [5.41, 5.74) is 0. The fourth-order valence-electron chi connectivity index (χ4n) is 6.28. The van der Waals surface area contributed by atoms with E-state index in [1.807, 2.05) is 0 Å². The quantitative estimate of drug-likeness (QED) is 0.208. The summed E-state index contributed by atoms with van der Waals surface area (Å²) >= 11 is 0. The zero-order valence-corrected chi connectivity index (χ0v) is 21.0. The molecule has 0 aromatic rings. The van der Waals surface area contributed by atoms with Crippen molar-refractivity contribution in [3.8, 4) is 0 Å². The van der Waals surface area contributed by atoms with Crippen molar-refractivity contribution in [2.24, 2.45) is 29.6 Å². The van der Waals surface area contributed by atoms with Crippen LogP contribution in [-0.4, -0.2) is 30.9 Å². The minimum Gasteiger partial charge on any atom is -0.462 e. The first kappa shape index (κ1) is 26.2. The molecule has 0 N–H and O–H groups in total. The van der Waals surface area contributed by atoms with Gasteiger partial charge in [0.1, 0.15) is 6.10 Å². The lowest BCUT2D eigenvalue weighted by atomic mass is 9.72. The number of esters is 2. The predicted molar refractivity (Wildman–Crippen MR) is 129 cm³/mol. The first-order chi connectivity index (χ1) is 16.0. The number of carbonyl (C=O) groups is 2. The van der Waals surface area contributed by atoms with Crippen LogP contribution >= 0.6 is 0 Å². The molecule has 1 unspecified atom stereocenters. The average Bonchev–Trinajstić information content (AvgIpc) is 2.85. The Kier molecular flexibility index (Phi) is 10.7. The van der Waals surface area contributed by atoms with Crippen LogP contribution in [0.4, 0.5) is 0 Å². The molecular weight excluding hydrogens is 416 g/mol. The molecule has 0 spiro atoms.